The maximum absolute atomic E-state index is 5.06. The molecular formula is C13H21ClN2O. The molecule has 0 spiro atoms. The third-order valence-electron chi connectivity index (χ3n) is 3.66. The van der Waals surface area contributed by atoms with E-state index >= 15 is 0 Å². The summed E-state index contributed by atoms with van der Waals surface area (Å²) < 4.78 is 5.06. The van der Waals surface area contributed by atoms with Crippen LogP contribution >= 0.6 is 12.4 Å². The minimum Gasteiger partial charge on any atom is -0.472 e. The predicted molar refractivity (Wildman–Crippen MR) is 70.4 cm³/mol. The van der Waals surface area contributed by atoms with E-state index in [9.17, 15) is 0 Å². The Balaban J connectivity index is 0.00000108. The van der Waals surface area contributed by atoms with E-state index in [-0.39, 0.29) is 12.4 Å². The van der Waals surface area contributed by atoms with Gasteiger partial charge in [-0.1, -0.05) is 0 Å². The van der Waals surface area contributed by atoms with Crippen molar-refractivity contribution in [1.82, 2.24) is 10.2 Å². The van der Waals surface area contributed by atoms with E-state index in [4.69, 9.17) is 4.42 Å². The summed E-state index contributed by atoms with van der Waals surface area (Å²) in [5.74, 6) is 1.02. The maximum atomic E-state index is 5.06. The fraction of sp³-hybridized carbons (Fsp3) is 0.692. The van der Waals surface area contributed by atoms with Crippen LogP contribution in [-0.4, -0.2) is 30.6 Å². The lowest BCUT2D eigenvalue weighted by Crippen LogP contribution is -2.32. The lowest BCUT2D eigenvalue weighted by Gasteiger charge is -2.15. The Morgan fingerprint density at radius 2 is 2.24 bits per heavy atom. The molecule has 4 heteroatoms. The molecule has 0 radical (unpaired) electrons. The molecule has 1 saturated heterocycles. The molecule has 2 fully saturated rings. The summed E-state index contributed by atoms with van der Waals surface area (Å²) in [5, 5.41) is 3.61. The van der Waals surface area contributed by atoms with E-state index in [2.05, 4.69) is 10.2 Å². The van der Waals surface area contributed by atoms with Gasteiger partial charge in [0.15, 0.2) is 0 Å². The summed E-state index contributed by atoms with van der Waals surface area (Å²) in [5.41, 5.74) is 1.25. The van der Waals surface area contributed by atoms with Crippen LogP contribution in [0.15, 0.2) is 23.0 Å². The number of hydrogen-bond acceptors (Lipinski definition) is 3. The number of rotatable bonds is 5. The summed E-state index contributed by atoms with van der Waals surface area (Å²) in [7, 11) is 0. The first kappa shape index (κ1) is 12.9. The molecule has 1 aromatic heterocycles. The molecule has 1 N–H and O–H groups in total. The minimum absolute atomic E-state index is 0. The molecule has 2 aliphatic rings. The normalized spacial score (nSPS) is 24.8. The summed E-state index contributed by atoms with van der Waals surface area (Å²) in [6, 6.07) is 2.71. The largest absolute Gasteiger partial charge is 0.472 e. The van der Waals surface area contributed by atoms with Crippen molar-refractivity contribution in [2.75, 3.05) is 19.6 Å². The minimum atomic E-state index is 0. The Kier molecular flexibility index (Phi) is 4.48. The molecule has 3 rings (SSSR count). The van der Waals surface area contributed by atoms with Crippen LogP contribution in [0.5, 0.6) is 0 Å². The number of halogens is 1. The highest BCUT2D eigenvalue weighted by Gasteiger charge is 2.28. The zero-order chi connectivity index (χ0) is 10.8. The fourth-order valence-electron chi connectivity index (χ4n) is 2.49. The van der Waals surface area contributed by atoms with E-state index < -0.39 is 0 Å². The first-order valence-electron chi connectivity index (χ1n) is 6.37. The zero-order valence-electron chi connectivity index (χ0n) is 10.1. The second kappa shape index (κ2) is 5.89. The molecule has 17 heavy (non-hydrogen) atoms. The second-order valence-corrected chi connectivity index (χ2v) is 5.20. The smallest absolute Gasteiger partial charge is 0.0947 e. The van der Waals surface area contributed by atoms with E-state index in [0.717, 1.165) is 12.5 Å². The molecule has 1 aliphatic carbocycles. The van der Waals surface area contributed by atoms with Crippen molar-refractivity contribution in [2.24, 2.45) is 5.92 Å². The standard InChI is InChI=1S/C13H20N2O.ClH/c1-2-11(1)8-15-5-3-13(9-15)14-7-12-4-6-16-10-12;/h4,6,10-11,13-14H,1-3,5,7-9H2;1H. The Hall–Kier alpha value is -0.510. The number of nitrogens with zero attached hydrogens (tertiary/aromatic N) is 1. The van der Waals surface area contributed by atoms with Crippen molar-refractivity contribution >= 4 is 12.4 Å². The molecule has 3 nitrogen and oxygen atoms in total. The highest BCUT2D eigenvalue weighted by atomic mass is 35.5. The number of nitrogens with one attached hydrogen (secondary N) is 1. The van der Waals surface area contributed by atoms with Gasteiger partial charge in [-0.25, -0.2) is 0 Å². The van der Waals surface area contributed by atoms with Gasteiger partial charge in [0, 0.05) is 31.2 Å². The Morgan fingerprint density at radius 1 is 1.35 bits per heavy atom. The van der Waals surface area contributed by atoms with Crippen LogP contribution in [-0.2, 0) is 6.54 Å². The van der Waals surface area contributed by atoms with Crippen molar-refractivity contribution in [3.05, 3.63) is 24.2 Å². The first-order chi connectivity index (χ1) is 7.90. The van der Waals surface area contributed by atoms with Crippen LogP contribution in [0.2, 0.25) is 0 Å². The topological polar surface area (TPSA) is 28.4 Å². The van der Waals surface area contributed by atoms with Crippen molar-refractivity contribution in [2.45, 2.75) is 31.8 Å². The monoisotopic (exact) mass is 256 g/mol. The van der Waals surface area contributed by atoms with E-state index in [1.54, 1.807) is 6.26 Å². The molecule has 96 valence electrons. The Morgan fingerprint density at radius 3 is 2.94 bits per heavy atom. The molecule has 2 heterocycles. The lowest BCUT2D eigenvalue weighted by atomic mass is 10.2. The summed E-state index contributed by atoms with van der Waals surface area (Å²) >= 11 is 0. The fourth-order valence-corrected chi connectivity index (χ4v) is 2.49. The molecule has 1 aliphatic heterocycles. The van der Waals surface area contributed by atoms with Gasteiger partial charge in [-0.2, -0.15) is 0 Å². The molecule has 0 amide bonds. The highest BCUT2D eigenvalue weighted by molar-refractivity contribution is 5.85. The average Bonchev–Trinajstić information content (AvgIpc) is 2.81. The van der Waals surface area contributed by atoms with Crippen LogP contribution in [0.4, 0.5) is 0 Å². The van der Waals surface area contributed by atoms with Gasteiger partial charge in [0.05, 0.1) is 12.5 Å². The van der Waals surface area contributed by atoms with Gasteiger partial charge in [0.1, 0.15) is 0 Å². The molecule has 1 saturated carbocycles. The summed E-state index contributed by atoms with van der Waals surface area (Å²) in [6.07, 6.45) is 7.78. The van der Waals surface area contributed by atoms with E-state index in [1.807, 2.05) is 12.3 Å². The van der Waals surface area contributed by atoms with Crippen LogP contribution in [0.1, 0.15) is 24.8 Å². The molecular weight excluding hydrogens is 236 g/mol. The van der Waals surface area contributed by atoms with Gasteiger partial charge in [0.2, 0.25) is 0 Å². The number of likely N-dealkylation sites (tertiary alicyclic amines) is 1. The lowest BCUT2D eigenvalue weighted by molar-refractivity contribution is 0.314. The van der Waals surface area contributed by atoms with Gasteiger partial charge in [0.25, 0.3) is 0 Å². The molecule has 0 bridgehead atoms. The highest BCUT2D eigenvalue weighted by Crippen LogP contribution is 2.30. The van der Waals surface area contributed by atoms with Crippen molar-refractivity contribution in [1.29, 1.82) is 0 Å². The summed E-state index contributed by atoms with van der Waals surface area (Å²) in [4.78, 5) is 2.62. The summed E-state index contributed by atoms with van der Waals surface area (Å²) in [6.45, 7) is 4.79. The van der Waals surface area contributed by atoms with E-state index in [1.165, 1.54) is 44.5 Å². The van der Waals surface area contributed by atoms with Crippen molar-refractivity contribution < 1.29 is 4.42 Å². The third kappa shape index (κ3) is 3.73. The predicted octanol–water partition coefficient (Wildman–Crippen LogP) is 2.28. The van der Waals surface area contributed by atoms with E-state index in [0.29, 0.717) is 6.04 Å². The number of hydrogen-bond donors (Lipinski definition) is 1. The van der Waals surface area contributed by atoms with Gasteiger partial charge in [-0.05, 0) is 37.8 Å². The zero-order valence-corrected chi connectivity index (χ0v) is 10.9. The van der Waals surface area contributed by atoms with Crippen molar-refractivity contribution in [3.8, 4) is 0 Å². The van der Waals surface area contributed by atoms with Crippen LogP contribution < -0.4 is 5.32 Å². The average molecular weight is 257 g/mol. The quantitative estimate of drug-likeness (QED) is 0.876. The Bertz CT molecular complexity index is 324. The second-order valence-electron chi connectivity index (χ2n) is 5.20. The van der Waals surface area contributed by atoms with Gasteiger partial charge in [-0.3, -0.25) is 0 Å². The molecule has 1 atom stereocenters. The van der Waals surface area contributed by atoms with Gasteiger partial charge < -0.3 is 14.6 Å². The Labute approximate surface area is 109 Å². The number of furan rings is 1. The maximum Gasteiger partial charge on any atom is 0.0947 e. The SMILES string of the molecule is Cl.c1cc(CNC2CCN(CC3CC3)C2)co1. The van der Waals surface area contributed by atoms with Gasteiger partial charge >= 0.3 is 0 Å². The van der Waals surface area contributed by atoms with Crippen LogP contribution in [0.3, 0.4) is 0 Å². The third-order valence-corrected chi connectivity index (χ3v) is 3.66. The van der Waals surface area contributed by atoms with Crippen LogP contribution in [0, 0.1) is 5.92 Å². The first-order valence-corrected chi connectivity index (χ1v) is 6.37. The molecule has 1 unspecified atom stereocenters. The van der Waals surface area contributed by atoms with Crippen molar-refractivity contribution in [3.63, 3.8) is 0 Å². The van der Waals surface area contributed by atoms with Crippen LogP contribution in [0.25, 0.3) is 0 Å². The molecule has 1 aromatic rings. The molecule has 0 aromatic carbocycles. The van der Waals surface area contributed by atoms with Gasteiger partial charge in [-0.15, -0.1) is 12.4 Å².